The van der Waals surface area contributed by atoms with Crippen LogP contribution in [0.25, 0.3) is 0 Å². The van der Waals surface area contributed by atoms with Crippen LogP contribution in [0.3, 0.4) is 0 Å². The maximum atomic E-state index is 11.5. The van der Waals surface area contributed by atoms with Crippen molar-refractivity contribution < 1.29 is 24.0 Å². The Labute approximate surface area is 167 Å². The van der Waals surface area contributed by atoms with E-state index in [1.54, 1.807) is 12.1 Å². The van der Waals surface area contributed by atoms with E-state index in [4.69, 9.17) is 9.47 Å². The van der Waals surface area contributed by atoms with Crippen LogP contribution in [-0.4, -0.2) is 23.0 Å². The average molecular weight is 490 g/mol. The van der Waals surface area contributed by atoms with E-state index in [0.29, 0.717) is 17.2 Å². The van der Waals surface area contributed by atoms with Gasteiger partial charge in [0.2, 0.25) is 7.37 Å². The van der Waals surface area contributed by atoms with E-state index in [1.807, 2.05) is 39.8 Å². The number of halogens is 1. The standard InChI is InChI=1S/C19H24IO5P/c1-11(2)15-9-14(6-7-16(15)21)25-19-12(3)8-17(18(20)13(19)4)24-10-26(5,22)23/h6-9,11,21H,10H2,1-5H3,(H,22,23). The molecule has 2 aromatic rings. The fourth-order valence-corrected chi connectivity index (χ4v) is 3.47. The summed E-state index contributed by atoms with van der Waals surface area (Å²) in [6, 6.07) is 7.02. The molecule has 0 bridgehead atoms. The highest BCUT2D eigenvalue weighted by Crippen LogP contribution is 2.41. The summed E-state index contributed by atoms with van der Waals surface area (Å²) in [5, 5.41) is 9.97. The number of phenolic OH excluding ortho intramolecular Hbond substituents is 1. The topological polar surface area (TPSA) is 76.0 Å². The second kappa shape index (κ2) is 8.19. The molecule has 7 heteroatoms. The Bertz CT molecular complexity index is 857. The van der Waals surface area contributed by atoms with Crippen LogP contribution in [0.2, 0.25) is 0 Å². The molecular weight excluding hydrogens is 466 g/mol. The van der Waals surface area contributed by atoms with Crippen molar-refractivity contribution in [1.82, 2.24) is 0 Å². The van der Waals surface area contributed by atoms with Gasteiger partial charge in [-0.1, -0.05) is 13.8 Å². The summed E-state index contributed by atoms with van der Waals surface area (Å²) in [4.78, 5) is 9.43. The van der Waals surface area contributed by atoms with Gasteiger partial charge in [-0.3, -0.25) is 4.57 Å². The van der Waals surface area contributed by atoms with E-state index in [2.05, 4.69) is 22.6 Å². The van der Waals surface area contributed by atoms with Crippen LogP contribution in [0.4, 0.5) is 0 Å². The minimum absolute atomic E-state index is 0.180. The zero-order valence-electron chi connectivity index (χ0n) is 15.5. The third kappa shape index (κ3) is 5.15. The molecule has 0 amide bonds. The van der Waals surface area contributed by atoms with E-state index >= 15 is 0 Å². The van der Waals surface area contributed by atoms with Crippen LogP contribution in [0.1, 0.15) is 36.5 Å². The third-order valence-corrected chi connectivity index (χ3v) is 5.84. The minimum Gasteiger partial charge on any atom is -0.508 e. The number of aromatic hydroxyl groups is 1. The van der Waals surface area contributed by atoms with Gasteiger partial charge in [0.1, 0.15) is 23.0 Å². The van der Waals surface area contributed by atoms with Gasteiger partial charge in [-0.25, -0.2) is 0 Å². The molecule has 0 aliphatic rings. The van der Waals surface area contributed by atoms with E-state index in [-0.39, 0.29) is 18.0 Å². The summed E-state index contributed by atoms with van der Waals surface area (Å²) in [7, 11) is -3.25. The lowest BCUT2D eigenvalue weighted by atomic mass is 10.0. The zero-order valence-corrected chi connectivity index (χ0v) is 18.6. The summed E-state index contributed by atoms with van der Waals surface area (Å²) in [5.41, 5.74) is 2.58. The number of phenols is 1. The smallest absolute Gasteiger partial charge is 0.233 e. The second-order valence-corrected chi connectivity index (χ2v) is 10.2. The lowest BCUT2D eigenvalue weighted by molar-refractivity contribution is 0.349. The van der Waals surface area contributed by atoms with Crippen LogP contribution < -0.4 is 9.47 Å². The van der Waals surface area contributed by atoms with Crippen molar-refractivity contribution in [2.75, 3.05) is 13.0 Å². The van der Waals surface area contributed by atoms with Crippen molar-refractivity contribution in [3.63, 3.8) is 0 Å². The fraction of sp³-hybridized carbons (Fsp3) is 0.368. The Morgan fingerprint density at radius 2 is 1.88 bits per heavy atom. The summed E-state index contributed by atoms with van der Waals surface area (Å²) in [6.07, 6.45) is -0.224. The largest absolute Gasteiger partial charge is 0.508 e. The highest BCUT2D eigenvalue weighted by atomic mass is 127. The van der Waals surface area contributed by atoms with E-state index in [0.717, 1.165) is 20.3 Å². The second-order valence-electron chi connectivity index (χ2n) is 6.76. The third-order valence-electron chi connectivity index (χ3n) is 3.89. The van der Waals surface area contributed by atoms with Crippen LogP contribution in [0.5, 0.6) is 23.0 Å². The van der Waals surface area contributed by atoms with Gasteiger partial charge < -0.3 is 19.5 Å². The first kappa shape index (κ1) is 21.1. The number of hydrogen-bond acceptors (Lipinski definition) is 4. The molecule has 142 valence electrons. The van der Waals surface area contributed by atoms with Crippen molar-refractivity contribution in [3.05, 3.63) is 44.5 Å². The Kier molecular flexibility index (Phi) is 6.64. The van der Waals surface area contributed by atoms with Gasteiger partial charge in [-0.2, -0.15) is 0 Å². The first-order valence-electron chi connectivity index (χ1n) is 8.22. The molecule has 0 fully saturated rings. The summed E-state index contributed by atoms with van der Waals surface area (Å²) >= 11 is 2.15. The van der Waals surface area contributed by atoms with Crippen LogP contribution in [-0.2, 0) is 4.57 Å². The lowest BCUT2D eigenvalue weighted by Gasteiger charge is -2.18. The van der Waals surface area contributed by atoms with Gasteiger partial charge in [-0.05, 0) is 72.2 Å². The van der Waals surface area contributed by atoms with Gasteiger partial charge >= 0.3 is 0 Å². The molecule has 1 atom stereocenters. The monoisotopic (exact) mass is 490 g/mol. The highest BCUT2D eigenvalue weighted by molar-refractivity contribution is 14.1. The summed E-state index contributed by atoms with van der Waals surface area (Å²) < 4.78 is 23.9. The molecular formula is C19H24IO5P. The number of aryl methyl sites for hydroxylation is 1. The Morgan fingerprint density at radius 1 is 1.23 bits per heavy atom. The maximum absolute atomic E-state index is 11.5. The predicted molar refractivity (Wildman–Crippen MR) is 112 cm³/mol. The van der Waals surface area contributed by atoms with Crippen molar-refractivity contribution in [2.45, 2.75) is 33.6 Å². The van der Waals surface area contributed by atoms with Gasteiger partial charge in [0, 0.05) is 17.8 Å². The zero-order chi connectivity index (χ0) is 19.6. The first-order chi connectivity index (χ1) is 12.0. The first-order valence-corrected chi connectivity index (χ1v) is 11.6. The molecule has 2 aromatic carbocycles. The van der Waals surface area contributed by atoms with Gasteiger partial charge in [0.15, 0.2) is 6.35 Å². The van der Waals surface area contributed by atoms with E-state index < -0.39 is 7.37 Å². The van der Waals surface area contributed by atoms with Crippen LogP contribution in [0.15, 0.2) is 24.3 Å². The number of ether oxygens (including phenoxy) is 2. The predicted octanol–water partition coefficient (Wildman–Crippen LogP) is 5.77. The SMILES string of the molecule is Cc1cc(OCP(C)(=O)O)c(I)c(C)c1Oc1ccc(O)c(C(C)C)c1. The highest BCUT2D eigenvalue weighted by Gasteiger charge is 2.18. The van der Waals surface area contributed by atoms with Crippen LogP contribution in [0, 0.1) is 17.4 Å². The number of hydrogen-bond donors (Lipinski definition) is 2. The molecule has 0 radical (unpaired) electrons. The molecule has 0 aromatic heterocycles. The van der Waals surface area contributed by atoms with Gasteiger partial charge in [0.05, 0.1) is 3.57 Å². The Hall–Kier alpha value is -1.24. The Balaban J connectivity index is 2.35. The fourth-order valence-electron chi connectivity index (χ4n) is 2.53. The quantitative estimate of drug-likeness (QED) is 0.398. The molecule has 1 unspecified atom stereocenters. The van der Waals surface area contributed by atoms with Crippen molar-refractivity contribution in [1.29, 1.82) is 0 Å². The molecule has 26 heavy (non-hydrogen) atoms. The van der Waals surface area contributed by atoms with E-state index in [1.165, 1.54) is 6.66 Å². The van der Waals surface area contributed by atoms with E-state index in [9.17, 15) is 14.6 Å². The molecule has 5 nitrogen and oxygen atoms in total. The molecule has 0 aliphatic heterocycles. The average Bonchev–Trinajstić information content (AvgIpc) is 2.54. The minimum atomic E-state index is -3.25. The molecule has 0 heterocycles. The van der Waals surface area contributed by atoms with Gasteiger partial charge in [0.25, 0.3) is 0 Å². The lowest BCUT2D eigenvalue weighted by Crippen LogP contribution is -2.02. The normalized spacial score (nSPS) is 13.5. The summed E-state index contributed by atoms with van der Waals surface area (Å²) in [6.45, 7) is 9.12. The van der Waals surface area contributed by atoms with Gasteiger partial charge in [-0.15, -0.1) is 0 Å². The van der Waals surface area contributed by atoms with Crippen molar-refractivity contribution >= 4 is 30.0 Å². The summed E-state index contributed by atoms with van der Waals surface area (Å²) in [5.74, 6) is 2.37. The Morgan fingerprint density at radius 3 is 2.46 bits per heavy atom. The maximum Gasteiger partial charge on any atom is 0.233 e. The molecule has 2 rings (SSSR count). The molecule has 0 saturated carbocycles. The van der Waals surface area contributed by atoms with Crippen molar-refractivity contribution in [3.8, 4) is 23.0 Å². The molecule has 0 aliphatic carbocycles. The van der Waals surface area contributed by atoms with Crippen molar-refractivity contribution in [2.24, 2.45) is 0 Å². The number of rotatable bonds is 6. The molecule has 0 saturated heterocycles. The molecule has 2 N–H and O–H groups in total. The molecule has 0 spiro atoms. The number of benzene rings is 2. The van der Waals surface area contributed by atoms with Crippen LogP contribution >= 0.6 is 30.0 Å².